The van der Waals surface area contributed by atoms with Crippen LogP contribution in [0, 0.1) is 3.57 Å². The van der Waals surface area contributed by atoms with Crippen molar-refractivity contribution in [1.82, 2.24) is 5.32 Å². The van der Waals surface area contributed by atoms with E-state index in [4.69, 9.17) is 11.6 Å². The fourth-order valence-corrected chi connectivity index (χ4v) is 3.82. The molecule has 1 fully saturated rings. The average molecular weight is 457 g/mol. The summed E-state index contributed by atoms with van der Waals surface area (Å²) in [5.41, 5.74) is 0.664. The second kappa shape index (κ2) is 7.27. The first-order valence-corrected chi connectivity index (χ1v) is 8.85. The van der Waals surface area contributed by atoms with E-state index in [1.807, 2.05) is 6.07 Å². The third-order valence-corrected chi connectivity index (χ3v) is 5.69. The minimum atomic E-state index is -0.0248. The summed E-state index contributed by atoms with van der Waals surface area (Å²) < 4.78 is 0.930. The first-order valence-electron chi connectivity index (χ1n) is 6.48. The van der Waals surface area contributed by atoms with Gasteiger partial charge >= 0.3 is 0 Å². The van der Waals surface area contributed by atoms with E-state index in [0.29, 0.717) is 15.4 Å². The SMILES string of the molecule is O=C(NC1CCCCCC1Br)c1cc(Cl)ccc1I. The van der Waals surface area contributed by atoms with Gasteiger partial charge in [-0.3, -0.25) is 4.79 Å². The summed E-state index contributed by atoms with van der Waals surface area (Å²) in [6.07, 6.45) is 5.83. The van der Waals surface area contributed by atoms with Gasteiger partial charge in [0.1, 0.15) is 0 Å². The molecule has 0 aromatic heterocycles. The molecule has 2 rings (SSSR count). The molecule has 2 nitrogen and oxygen atoms in total. The third-order valence-electron chi connectivity index (χ3n) is 3.42. The number of halogens is 3. The van der Waals surface area contributed by atoms with E-state index < -0.39 is 0 Å². The summed E-state index contributed by atoms with van der Waals surface area (Å²) in [7, 11) is 0. The fraction of sp³-hybridized carbons (Fsp3) is 0.500. The highest BCUT2D eigenvalue weighted by atomic mass is 127. The van der Waals surface area contributed by atoms with Crippen LogP contribution in [0.5, 0.6) is 0 Å². The monoisotopic (exact) mass is 455 g/mol. The van der Waals surface area contributed by atoms with Crippen LogP contribution in [0.25, 0.3) is 0 Å². The van der Waals surface area contributed by atoms with Gasteiger partial charge in [0.25, 0.3) is 5.91 Å². The molecule has 1 aliphatic rings. The maximum absolute atomic E-state index is 12.3. The number of hydrogen-bond donors (Lipinski definition) is 1. The molecule has 1 saturated carbocycles. The topological polar surface area (TPSA) is 29.1 Å². The lowest BCUT2D eigenvalue weighted by Crippen LogP contribution is -2.40. The minimum Gasteiger partial charge on any atom is -0.348 e. The predicted octanol–water partition coefficient (Wildman–Crippen LogP) is 4.77. The average Bonchev–Trinajstić information content (AvgIpc) is 2.58. The lowest BCUT2D eigenvalue weighted by molar-refractivity contribution is 0.0934. The van der Waals surface area contributed by atoms with Gasteiger partial charge in [0.2, 0.25) is 0 Å². The van der Waals surface area contributed by atoms with Crippen molar-refractivity contribution in [1.29, 1.82) is 0 Å². The van der Waals surface area contributed by atoms with E-state index in [0.717, 1.165) is 16.4 Å². The summed E-state index contributed by atoms with van der Waals surface area (Å²) in [6, 6.07) is 5.62. The van der Waals surface area contributed by atoms with Gasteiger partial charge in [0, 0.05) is 19.5 Å². The van der Waals surface area contributed by atoms with Crippen LogP contribution < -0.4 is 5.32 Å². The second-order valence-electron chi connectivity index (χ2n) is 4.86. The molecule has 0 saturated heterocycles. The van der Waals surface area contributed by atoms with Gasteiger partial charge in [0.15, 0.2) is 0 Å². The van der Waals surface area contributed by atoms with Gasteiger partial charge in [-0.1, -0.05) is 46.8 Å². The molecule has 0 heterocycles. The van der Waals surface area contributed by atoms with E-state index in [1.165, 1.54) is 19.3 Å². The van der Waals surface area contributed by atoms with Gasteiger partial charge in [-0.15, -0.1) is 0 Å². The van der Waals surface area contributed by atoms with Gasteiger partial charge in [-0.25, -0.2) is 0 Å². The smallest absolute Gasteiger partial charge is 0.252 e. The quantitative estimate of drug-likeness (QED) is 0.388. The number of benzene rings is 1. The Labute approximate surface area is 140 Å². The molecule has 1 N–H and O–H groups in total. The first-order chi connectivity index (χ1) is 9.08. The number of hydrogen-bond acceptors (Lipinski definition) is 1. The van der Waals surface area contributed by atoms with Crippen molar-refractivity contribution in [2.24, 2.45) is 0 Å². The molecule has 104 valence electrons. The van der Waals surface area contributed by atoms with Crippen LogP contribution in [0.15, 0.2) is 18.2 Å². The zero-order chi connectivity index (χ0) is 13.8. The molecular weight excluding hydrogens is 440 g/mol. The van der Waals surface area contributed by atoms with Crippen molar-refractivity contribution < 1.29 is 4.79 Å². The maximum atomic E-state index is 12.3. The highest BCUT2D eigenvalue weighted by Crippen LogP contribution is 2.25. The zero-order valence-corrected chi connectivity index (χ0v) is 15.0. The zero-order valence-electron chi connectivity index (χ0n) is 10.5. The second-order valence-corrected chi connectivity index (χ2v) is 7.63. The van der Waals surface area contributed by atoms with Crippen molar-refractivity contribution in [2.45, 2.75) is 43.0 Å². The molecular formula is C14H16BrClINO. The fourth-order valence-electron chi connectivity index (χ4n) is 2.34. The van der Waals surface area contributed by atoms with Crippen molar-refractivity contribution in [3.05, 3.63) is 32.4 Å². The Kier molecular flexibility index (Phi) is 5.96. The molecule has 0 radical (unpaired) electrons. The van der Waals surface area contributed by atoms with E-state index in [9.17, 15) is 4.79 Å². The van der Waals surface area contributed by atoms with Crippen LogP contribution in [-0.2, 0) is 0 Å². The van der Waals surface area contributed by atoms with Gasteiger partial charge in [-0.05, 0) is 53.6 Å². The summed E-state index contributed by atoms with van der Waals surface area (Å²) in [4.78, 5) is 12.7. The van der Waals surface area contributed by atoms with Crippen LogP contribution in [0.1, 0.15) is 42.5 Å². The highest BCUT2D eigenvalue weighted by Gasteiger charge is 2.24. The molecule has 1 aromatic rings. The minimum absolute atomic E-state index is 0.0248. The Hall–Kier alpha value is 0.190. The van der Waals surface area contributed by atoms with Crippen LogP contribution >= 0.6 is 50.1 Å². The molecule has 0 aliphatic heterocycles. The molecule has 0 bridgehead atoms. The molecule has 1 aromatic carbocycles. The molecule has 2 unspecified atom stereocenters. The summed E-state index contributed by atoms with van der Waals surface area (Å²) in [5, 5.41) is 3.74. The lowest BCUT2D eigenvalue weighted by Gasteiger charge is -2.21. The molecule has 1 aliphatic carbocycles. The van der Waals surface area contributed by atoms with E-state index in [1.54, 1.807) is 12.1 Å². The summed E-state index contributed by atoms with van der Waals surface area (Å²) >= 11 is 11.8. The van der Waals surface area contributed by atoms with Crippen LogP contribution in [-0.4, -0.2) is 16.8 Å². The van der Waals surface area contributed by atoms with Crippen molar-refractivity contribution in [2.75, 3.05) is 0 Å². The van der Waals surface area contributed by atoms with Gasteiger partial charge in [0.05, 0.1) is 5.56 Å². The standard InChI is InChI=1S/C14H16BrClINO/c15-11-4-2-1-3-5-13(11)18-14(19)10-8-9(16)6-7-12(10)17/h6-8,11,13H,1-5H2,(H,18,19). The number of nitrogens with one attached hydrogen (secondary N) is 1. The Bertz CT molecular complexity index is 469. The van der Waals surface area contributed by atoms with Crippen LogP contribution in [0.2, 0.25) is 5.02 Å². The number of carbonyl (C=O) groups is 1. The molecule has 0 spiro atoms. The highest BCUT2D eigenvalue weighted by molar-refractivity contribution is 14.1. The van der Waals surface area contributed by atoms with Crippen molar-refractivity contribution in [3.63, 3.8) is 0 Å². The number of carbonyl (C=O) groups excluding carboxylic acids is 1. The van der Waals surface area contributed by atoms with Crippen molar-refractivity contribution >= 4 is 56.0 Å². The largest absolute Gasteiger partial charge is 0.348 e. The van der Waals surface area contributed by atoms with Crippen LogP contribution in [0.3, 0.4) is 0 Å². The number of amides is 1. The lowest BCUT2D eigenvalue weighted by atomic mass is 10.1. The molecule has 1 amide bonds. The third kappa shape index (κ3) is 4.33. The Morgan fingerprint density at radius 3 is 2.84 bits per heavy atom. The maximum Gasteiger partial charge on any atom is 0.252 e. The number of rotatable bonds is 2. The predicted molar refractivity (Wildman–Crippen MR) is 91.2 cm³/mol. The van der Waals surface area contributed by atoms with E-state index in [2.05, 4.69) is 43.8 Å². The van der Waals surface area contributed by atoms with Gasteiger partial charge < -0.3 is 5.32 Å². The molecule has 5 heteroatoms. The Morgan fingerprint density at radius 2 is 2.05 bits per heavy atom. The number of alkyl halides is 1. The first kappa shape index (κ1) is 15.6. The van der Waals surface area contributed by atoms with E-state index >= 15 is 0 Å². The molecule has 19 heavy (non-hydrogen) atoms. The van der Waals surface area contributed by atoms with Gasteiger partial charge in [-0.2, -0.15) is 0 Å². The van der Waals surface area contributed by atoms with E-state index in [-0.39, 0.29) is 11.9 Å². The molecule has 2 atom stereocenters. The Balaban J connectivity index is 2.09. The summed E-state index contributed by atoms with van der Waals surface area (Å²) in [6.45, 7) is 0. The van der Waals surface area contributed by atoms with Crippen molar-refractivity contribution in [3.8, 4) is 0 Å². The summed E-state index contributed by atoms with van der Waals surface area (Å²) in [5.74, 6) is -0.0248. The van der Waals surface area contributed by atoms with Crippen LogP contribution in [0.4, 0.5) is 0 Å². The normalized spacial score (nSPS) is 23.7. The Morgan fingerprint density at radius 1 is 1.32 bits per heavy atom.